The lowest BCUT2D eigenvalue weighted by Crippen LogP contribution is -2.09. The van der Waals surface area contributed by atoms with E-state index in [4.69, 9.17) is 14.9 Å². The Labute approximate surface area is 154 Å². The van der Waals surface area contributed by atoms with Gasteiger partial charge in [0.25, 0.3) is 0 Å². The lowest BCUT2D eigenvalue weighted by atomic mass is 10.1. The smallest absolute Gasteiger partial charge is 0.341 e. The van der Waals surface area contributed by atoms with Gasteiger partial charge in [-0.2, -0.15) is 5.26 Å². The van der Waals surface area contributed by atoms with Crippen LogP contribution >= 0.6 is 0 Å². The molecule has 0 amide bonds. The van der Waals surface area contributed by atoms with Crippen molar-refractivity contribution in [3.8, 4) is 28.6 Å². The zero-order valence-corrected chi connectivity index (χ0v) is 14.0. The Morgan fingerprint density at radius 3 is 2.22 bits per heavy atom. The third-order valence-corrected chi connectivity index (χ3v) is 3.89. The molecule has 0 aliphatic rings. The summed E-state index contributed by atoms with van der Waals surface area (Å²) in [7, 11) is 0. The van der Waals surface area contributed by atoms with Gasteiger partial charge in [-0.1, -0.05) is 12.1 Å². The number of aromatic nitrogens is 1. The molecule has 0 radical (unpaired) electrons. The van der Waals surface area contributed by atoms with E-state index in [2.05, 4.69) is 6.07 Å². The first-order chi connectivity index (χ1) is 13.0. The fourth-order valence-corrected chi connectivity index (χ4v) is 2.57. The maximum Gasteiger partial charge on any atom is 0.341 e. The van der Waals surface area contributed by atoms with Gasteiger partial charge in [-0.25, -0.2) is 9.59 Å². The monoisotopic (exact) mass is 362 g/mol. The third kappa shape index (κ3) is 3.96. The van der Waals surface area contributed by atoms with Gasteiger partial charge >= 0.3 is 11.9 Å². The summed E-state index contributed by atoms with van der Waals surface area (Å²) in [5.41, 5.74) is 2.84. The molecule has 27 heavy (non-hydrogen) atoms. The highest BCUT2D eigenvalue weighted by Gasteiger charge is 2.11. The van der Waals surface area contributed by atoms with Crippen molar-refractivity contribution in [2.75, 3.05) is 6.61 Å². The summed E-state index contributed by atoms with van der Waals surface area (Å²) >= 11 is 0. The van der Waals surface area contributed by atoms with Crippen LogP contribution in [0.5, 0.6) is 5.75 Å². The summed E-state index contributed by atoms with van der Waals surface area (Å²) < 4.78 is 6.85. The van der Waals surface area contributed by atoms with Gasteiger partial charge in [-0.15, -0.1) is 0 Å². The summed E-state index contributed by atoms with van der Waals surface area (Å²) in [6.07, 6.45) is 3.45. The van der Waals surface area contributed by atoms with E-state index in [0.29, 0.717) is 16.9 Å². The van der Waals surface area contributed by atoms with Gasteiger partial charge in [0.2, 0.25) is 0 Å². The number of carboxylic acids is 2. The van der Waals surface area contributed by atoms with Crippen LogP contribution in [0.1, 0.15) is 15.9 Å². The first-order valence-electron chi connectivity index (χ1n) is 7.89. The fraction of sp³-hybridized carbons (Fsp3) is 0.0500. The van der Waals surface area contributed by atoms with Crippen LogP contribution in [-0.2, 0) is 4.79 Å². The Balaban J connectivity index is 1.89. The Kier molecular flexibility index (Phi) is 4.90. The number of carbonyl (C=O) groups is 2. The molecule has 0 spiro atoms. The average Bonchev–Trinajstić information content (AvgIpc) is 3.11. The van der Waals surface area contributed by atoms with E-state index in [9.17, 15) is 14.9 Å². The number of aromatic carboxylic acids is 1. The summed E-state index contributed by atoms with van der Waals surface area (Å²) in [5, 5.41) is 27.0. The van der Waals surface area contributed by atoms with E-state index in [1.807, 2.05) is 0 Å². The van der Waals surface area contributed by atoms with Crippen molar-refractivity contribution in [2.45, 2.75) is 0 Å². The standard InChI is InChI=1S/C20H14N2O5/c21-9-15-10-22(16-5-1-14(2-6-16)20(25)26)11-18(15)13-3-7-17(8-4-13)27-12-19(23)24/h1-8,10-11H,12H2,(H,23,24)(H,25,26). The number of benzene rings is 2. The highest BCUT2D eigenvalue weighted by Crippen LogP contribution is 2.28. The lowest BCUT2D eigenvalue weighted by Gasteiger charge is -2.05. The number of hydrogen-bond donors (Lipinski definition) is 2. The SMILES string of the molecule is N#Cc1cn(-c2ccc(C(=O)O)cc2)cc1-c1ccc(OCC(=O)O)cc1. The second kappa shape index (κ2) is 7.45. The zero-order chi connectivity index (χ0) is 19.4. The van der Waals surface area contributed by atoms with E-state index in [1.54, 1.807) is 53.4 Å². The predicted octanol–water partition coefficient (Wildman–Crippen LogP) is 3.18. The van der Waals surface area contributed by atoms with Crippen molar-refractivity contribution in [3.05, 3.63) is 72.1 Å². The largest absolute Gasteiger partial charge is 0.482 e. The van der Waals surface area contributed by atoms with Crippen molar-refractivity contribution < 1.29 is 24.5 Å². The zero-order valence-electron chi connectivity index (χ0n) is 14.0. The van der Waals surface area contributed by atoms with Gasteiger partial charge in [0, 0.05) is 23.6 Å². The summed E-state index contributed by atoms with van der Waals surface area (Å²) in [5.74, 6) is -1.64. The van der Waals surface area contributed by atoms with E-state index in [1.165, 1.54) is 12.1 Å². The molecular weight excluding hydrogens is 348 g/mol. The second-order valence-corrected chi connectivity index (χ2v) is 5.66. The quantitative estimate of drug-likeness (QED) is 0.696. The molecule has 2 aromatic carbocycles. The van der Waals surface area contributed by atoms with Gasteiger partial charge in [-0.05, 0) is 42.0 Å². The van der Waals surface area contributed by atoms with Gasteiger partial charge < -0.3 is 19.5 Å². The molecule has 2 N–H and O–H groups in total. The summed E-state index contributed by atoms with van der Waals surface area (Å²) in [4.78, 5) is 21.5. The topological polar surface area (TPSA) is 113 Å². The van der Waals surface area contributed by atoms with Crippen LogP contribution in [-0.4, -0.2) is 33.3 Å². The van der Waals surface area contributed by atoms with E-state index < -0.39 is 18.5 Å². The summed E-state index contributed by atoms with van der Waals surface area (Å²) in [6.45, 7) is -0.425. The Bertz CT molecular complexity index is 1030. The van der Waals surface area contributed by atoms with Crippen LogP contribution in [0.4, 0.5) is 0 Å². The number of rotatable bonds is 6. The molecule has 0 aliphatic heterocycles. The van der Waals surface area contributed by atoms with Gasteiger partial charge in [0.15, 0.2) is 6.61 Å². The average molecular weight is 362 g/mol. The molecule has 7 heteroatoms. The number of hydrogen-bond acceptors (Lipinski definition) is 4. The number of aliphatic carboxylic acids is 1. The minimum atomic E-state index is -1.06. The van der Waals surface area contributed by atoms with Crippen molar-refractivity contribution >= 4 is 11.9 Å². The fourth-order valence-electron chi connectivity index (χ4n) is 2.57. The van der Waals surface area contributed by atoms with E-state index in [0.717, 1.165) is 11.3 Å². The van der Waals surface area contributed by atoms with Crippen molar-refractivity contribution in [3.63, 3.8) is 0 Å². The van der Waals surface area contributed by atoms with Gasteiger partial charge in [0.1, 0.15) is 11.8 Å². The molecule has 0 fully saturated rings. The minimum absolute atomic E-state index is 0.184. The van der Waals surface area contributed by atoms with Gasteiger partial charge in [0.05, 0.1) is 11.1 Å². The number of nitrogens with zero attached hydrogens (tertiary/aromatic N) is 2. The highest BCUT2D eigenvalue weighted by molar-refractivity contribution is 5.87. The van der Waals surface area contributed by atoms with E-state index >= 15 is 0 Å². The van der Waals surface area contributed by atoms with E-state index in [-0.39, 0.29) is 5.56 Å². The molecule has 1 heterocycles. The second-order valence-electron chi connectivity index (χ2n) is 5.66. The molecule has 0 bridgehead atoms. The minimum Gasteiger partial charge on any atom is -0.482 e. The number of nitriles is 1. The normalized spacial score (nSPS) is 10.2. The predicted molar refractivity (Wildman–Crippen MR) is 96.0 cm³/mol. The molecule has 7 nitrogen and oxygen atoms in total. The molecular formula is C20H14N2O5. The Morgan fingerprint density at radius 1 is 1.00 bits per heavy atom. The van der Waals surface area contributed by atoms with Crippen LogP contribution in [0, 0.1) is 11.3 Å². The van der Waals surface area contributed by atoms with Crippen LogP contribution in [0.3, 0.4) is 0 Å². The summed E-state index contributed by atoms with van der Waals surface area (Å²) in [6, 6.07) is 15.2. The van der Waals surface area contributed by atoms with Gasteiger partial charge in [-0.3, -0.25) is 0 Å². The molecule has 3 aromatic rings. The highest BCUT2D eigenvalue weighted by atomic mass is 16.5. The third-order valence-electron chi connectivity index (χ3n) is 3.89. The van der Waals surface area contributed by atoms with Crippen LogP contribution in [0.15, 0.2) is 60.9 Å². The van der Waals surface area contributed by atoms with Crippen molar-refractivity contribution in [2.24, 2.45) is 0 Å². The van der Waals surface area contributed by atoms with Crippen LogP contribution < -0.4 is 4.74 Å². The van der Waals surface area contributed by atoms with Crippen LogP contribution in [0.2, 0.25) is 0 Å². The molecule has 1 aromatic heterocycles. The molecule has 0 saturated heterocycles. The van der Waals surface area contributed by atoms with Crippen molar-refractivity contribution in [1.82, 2.24) is 4.57 Å². The maximum absolute atomic E-state index is 11.0. The lowest BCUT2D eigenvalue weighted by molar-refractivity contribution is -0.139. The van der Waals surface area contributed by atoms with Crippen molar-refractivity contribution in [1.29, 1.82) is 5.26 Å². The Morgan fingerprint density at radius 2 is 1.67 bits per heavy atom. The number of carboxylic acid groups (broad SMARTS) is 2. The molecule has 134 valence electrons. The molecule has 0 aliphatic carbocycles. The molecule has 0 unspecified atom stereocenters. The van der Waals surface area contributed by atoms with Crippen LogP contribution in [0.25, 0.3) is 16.8 Å². The first-order valence-corrected chi connectivity index (χ1v) is 7.89. The number of ether oxygens (including phenoxy) is 1. The Hall–Kier alpha value is -4.05. The first kappa shape index (κ1) is 17.8. The molecule has 0 atom stereocenters. The molecule has 0 saturated carbocycles. The molecule has 3 rings (SSSR count). The maximum atomic E-state index is 11.0.